The van der Waals surface area contributed by atoms with Crippen LogP contribution in [0.15, 0.2) is 11.8 Å². The zero-order chi connectivity index (χ0) is 14.8. The molecule has 1 nitrogen and oxygen atoms in total. The van der Waals surface area contributed by atoms with Crippen LogP contribution in [0.3, 0.4) is 0 Å². The van der Waals surface area contributed by atoms with E-state index in [1.807, 2.05) is 13.0 Å². The molecule has 0 saturated heterocycles. The van der Waals surface area contributed by atoms with Gasteiger partial charge in [0.2, 0.25) is 0 Å². The molecule has 1 spiro atoms. The number of hydrogen-bond donors (Lipinski definition) is 1. The Hall–Kier alpha value is -0.460. The first-order valence-corrected chi connectivity index (χ1v) is 9.37. The van der Waals surface area contributed by atoms with Crippen LogP contribution in [-0.2, 0) is 0 Å². The van der Waals surface area contributed by atoms with E-state index in [0.29, 0.717) is 22.5 Å². The van der Waals surface area contributed by atoms with E-state index >= 15 is 0 Å². The van der Waals surface area contributed by atoms with Crippen molar-refractivity contribution < 1.29 is 5.11 Å². The van der Waals surface area contributed by atoms with Gasteiger partial charge in [0.25, 0.3) is 0 Å². The van der Waals surface area contributed by atoms with Gasteiger partial charge < -0.3 is 5.11 Å². The molecule has 4 aliphatic carbocycles. The molecule has 0 radical (unpaired) electrons. The summed E-state index contributed by atoms with van der Waals surface area (Å²) in [6.07, 6.45) is 13.4. The standard InChI is InChI=1S/C20H32O/c1-4-18(21)17-12-20(17)11-8-15-14(13(20)2)7-10-19(3)9-5-6-16(15)19/h4,13-17,21H,5-12H2,1-3H3/b18-4+/t13?,14?,15?,16?,17?,19-,20?/m0/s1. The minimum atomic E-state index is 0.476. The van der Waals surface area contributed by atoms with Gasteiger partial charge in [-0.2, -0.15) is 0 Å². The van der Waals surface area contributed by atoms with Crippen molar-refractivity contribution >= 4 is 0 Å². The van der Waals surface area contributed by atoms with Crippen molar-refractivity contribution in [3.63, 3.8) is 0 Å². The first-order valence-electron chi connectivity index (χ1n) is 9.37. The minimum absolute atomic E-state index is 0.476. The monoisotopic (exact) mass is 288 g/mol. The van der Waals surface area contributed by atoms with Crippen molar-refractivity contribution in [2.75, 3.05) is 0 Å². The summed E-state index contributed by atoms with van der Waals surface area (Å²) in [7, 11) is 0. The molecule has 4 aliphatic rings. The first kappa shape index (κ1) is 14.2. The maximum Gasteiger partial charge on any atom is 0.0916 e. The quantitative estimate of drug-likeness (QED) is 0.612. The van der Waals surface area contributed by atoms with Gasteiger partial charge in [0.05, 0.1) is 5.76 Å². The van der Waals surface area contributed by atoms with Crippen LogP contribution >= 0.6 is 0 Å². The van der Waals surface area contributed by atoms with Gasteiger partial charge in [-0.15, -0.1) is 0 Å². The Morgan fingerprint density at radius 1 is 1.10 bits per heavy atom. The van der Waals surface area contributed by atoms with Gasteiger partial charge in [-0.3, -0.25) is 0 Å². The molecule has 4 saturated carbocycles. The van der Waals surface area contributed by atoms with E-state index in [0.717, 1.165) is 23.7 Å². The molecule has 7 atom stereocenters. The normalized spacial score (nSPS) is 56.1. The molecule has 0 aliphatic heterocycles. The van der Waals surface area contributed by atoms with Gasteiger partial charge in [-0.25, -0.2) is 0 Å². The fourth-order valence-electron chi connectivity index (χ4n) is 7.14. The summed E-state index contributed by atoms with van der Waals surface area (Å²) < 4.78 is 0. The molecular weight excluding hydrogens is 256 g/mol. The predicted octanol–water partition coefficient (Wildman–Crippen LogP) is 5.72. The number of hydrogen-bond acceptors (Lipinski definition) is 1. The minimum Gasteiger partial charge on any atom is -0.512 e. The Morgan fingerprint density at radius 3 is 2.62 bits per heavy atom. The number of aliphatic hydroxyl groups is 1. The van der Waals surface area contributed by atoms with Gasteiger partial charge >= 0.3 is 0 Å². The molecule has 0 aromatic rings. The summed E-state index contributed by atoms with van der Waals surface area (Å²) in [6, 6.07) is 0. The average molecular weight is 288 g/mol. The maximum atomic E-state index is 10.2. The van der Waals surface area contributed by atoms with Crippen LogP contribution in [0.5, 0.6) is 0 Å². The second-order valence-corrected chi connectivity index (χ2v) is 9.05. The van der Waals surface area contributed by atoms with Crippen LogP contribution in [-0.4, -0.2) is 5.11 Å². The van der Waals surface area contributed by atoms with Crippen molar-refractivity contribution in [3.05, 3.63) is 11.8 Å². The molecule has 1 heteroatoms. The first-order chi connectivity index (χ1) is 10.0. The molecule has 0 aromatic heterocycles. The van der Waals surface area contributed by atoms with E-state index in [1.54, 1.807) is 0 Å². The molecule has 21 heavy (non-hydrogen) atoms. The molecule has 4 fully saturated rings. The van der Waals surface area contributed by atoms with E-state index in [4.69, 9.17) is 0 Å². The van der Waals surface area contributed by atoms with Gasteiger partial charge in [0, 0.05) is 5.92 Å². The van der Waals surface area contributed by atoms with Crippen LogP contribution in [0.1, 0.15) is 72.1 Å². The second-order valence-electron chi connectivity index (χ2n) is 9.05. The van der Waals surface area contributed by atoms with E-state index in [-0.39, 0.29) is 0 Å². The van der Waals surface area contributed by atoms with Crippen molar-refractivity contribution in [1.29, 1.82) is 0 Å². The number of aliphatic hydroxyl groups excluding tert-OH is 1. The molecular formula is C20H32O. The van der Waals surface area contributed by atoms with Crippen LogP contribution in [0.2, 0.25) is 0 Å². The molecule has 118 valence electrons. The smallest absolute Gasteiger partial charge is 0.0916 e. The molecule has 4 rings (SSSR count). The average Bonchev–Trinajstić information content (AvgIpc) is 3.07. The van der Waals surface area contributed by atoms with Crippen molar-refractivity contribution in [1.82, 2.24) is 0 Å². The topological polar surface area (TPSA) is 20.2 Å². The van der Waals surface area contributed by atoms with Gasteiger partial charge in [0.1, 0.15) is 0 Å². The molecule has 0 heterocycles. The van der Waals surface area contributed by atoms with Crippen molar-refractivity contribution in [2.45, 2.75) is 72.1 Å². The number of rotatable bonds is 1. The molecule has 0 bridgehead atoms. The zero-order valence-electron chi connectivity index (χ0n) is 14.1. The number of fused-ring (bicyclic) bond motifs is 3. The van der Waals surface area contributed by atoms with E-state index in [2.05, 4.69) is 13.8 Å². The SMILES string of the molecule is C/C=C(/O)C1CC12CCC1C(CC[C@]3(C)CCCC13)C2C. The highest BCUT2D eigenvalue weighted by molar-refractivity contribution is 5.20. The Labute approximate surface area is 130 Å². The second kappa shape index (κ2) is 4.52. The van der Waals surface area contributed by atoms with Crippen molar-refractivity contribution in [2.24, 2.45) is 40.4 Å². The summed E-state index contributed by atoms with van der Waals surface area (Å²) in [6.45, 7) is 7.10. The highest BCUT2D eigenvalue weighted by Gasteiger charge is 2.65. The van der Waals surface area contributed by atoms with Gasteiger partial charge in [-0.1, -0.05) is 20.3 Å². The lowest BCUT2D eigenvalue weighted by molar-refractivity contribution is -0.0424. The zero-order valence-corrected chi connectivity index (χ0v) is 14.1. The third-order valence-corrected chi connectivity index (χ3v) is 8.54. The fourth-order valence-corrected chi connectivity index (χ4v) is 7.14. The maximum absolute atomic E-state index is 10.2. The highest BCUT2D eigenvalue weighted by Crippen LogP contribution is 2.72. The molecule has 0 aromatic carbocycles. The highest BCUT2D eigenvalue weighted by atomic mass is 16.3. The third-order valence-electron chi connectivity index (χ3n) is 8.54. The summed E-state index contributed by atoms with van der Waals surface area (Å²) in [5.41, 5.74) is 1.16. The lowest BCUT2D eigenvalue weighted by Crippen LogP contribution is -2.46. The van der Waals surface area contributed by atoms with Gasteiger partial charge in [-0.05, 0) is 92.4 Å². The Morgan fingerprint density at radius 2 is 1.86 bits per heavy atom. The Kier molecular flexibility index (Phi) is 3.05. The van der Waals surface area contributed by atoms with E-state index < -0.39 is 0 Å². The van der Waals surface area contributed by atoms with E-state index in [1.165, 1.54) is 51.4 Å². The lowest BCUT2D eigenvalue weighted by atomic mass is 9.52. The summed E-state index contributed by atoms with van der Waals surface area (Å²) in [4.78, 5) is 0. The molecule has 0 amide bonds. The molecule has 6 unspecified atom stereocenters. The Balaban J connectivity index is 1.56. The van der Waals surface area contributed by atoms with Crippen molar-refractivity contribution in [3.8, 4) is 0 Å². The van der Waals surface area contributed by atoms with Crippen LogP contribution in [0.4, 0.5) is 0 Å². The van der Waals surface area contributed by atoms with Gasteiger partial charge in [0.15, 0.2) is 0 Å². The third kappa shape index (κ3) is 1.82. The fraction of sp³-hybridized carbons (Fsp3) is 0.900. The predicted molar refractivity (Wildman–Crippen MR) is 87.0 cm³/mol. The molecule has 1 N–H and O–H groups in total. The van der Waals surface area contributed by atoms with E-state index in [9.17, 15) is 5.11 Å². The van der Waals surface area contributed by atoms with Crippen LogP contribution < -0.4 is 0 Å². The summed E-state index contributed by atoms with van der Waals surface area (Å²) in [5, 5.41) is 10.2. The summed E-state index contributed by atoms with van der Waals surface area (Å²) >= 11 is 0. The summed E-state index contributed by atoms with van der Waals surface area (Å²) in [5.74, 6) is 4.97. The largest absolute Gasteiger partial charge is 0.512 e. The van der Waals surface area contributed by atoms with Crippen LogP contribution in [0, 0.1) is 40.4 Å². The number of allylic oxidation sites excluding steroid dienone is 2. The Bertz CT molecular complexity index is 466. The van der Waals surface area contributed by atoms with Crippen LogP contribution in [0.25, 0.3) is 0 Å². The lowest BCUT2D eigenvalue weighted by Gasteiger charge is -2.53.